The monoisotopic (exact) mass is 506 g/mol. The maximum atomic E-state index is 13.1. The van der Waals surface area contributed by atoms with Crippen LogP contribution in [0.3, 0.4) is 0 Å². The number of halogens is 1. The van der Waals surface area contributed by atoms with Crippen LogP contribution in [0.25, 0.3) is 11.0 Å². The van der Waals surface area contributed by atoms with Crippen LogP contribution in [-0.2, 0) is 25.6 Å². The first-order chi connectivity index (χ1) is 15.5. The lowest BCUT2D eigenvalue weighted by molar-refractivity contribution is -0.384. The summed E-state index contributed by atoms with van der Waals surface area (Å²) in [5.74, 6) is -0.508. The van der Waals surface area contributed by atoms with Gasteiger partial charge < -0.3 is 4.42 Å². The van der Waals surface area contributed by atoms with Gasteiger partial charge in [-0.3, -0.25) is 14.8 Å². The molecule has 0 bridgehead atoms. The fraction of sp³-hybridized carbons (Fsp3) is 0.0476. The molecule has 1 heterocycles. The van der Waals surface area contributed by atoms with Gasteiger partial charge in [-0.05, 0) is 29.8 Å². The van der Waals surface area contributed by atoms with Gasteiger partial charge in [-0.2, -0.15) is 8.42 Å². The van der Waals surface area contributed by atoms with Crippen molar-refractivity contribution in [1.82, 2.24) is 0 Å². The number of hydrogen-bond donors (Lipinski definition) is 1. The number of hydrogen-bond acceptors (Lipinski definition) is 7. The molecule has 170 valence electrons. The van der Waals surface area contributed by atoms with Gasteiger partial charge >= 0.3 is 0 Å². The SMILES string of the molecule is O=[N+]([O-])c1ccc(CS(=O)(=O)c2ccc(Cl)cc2NS(=O)(=O)c2cc3ccccc3o2)cc1. The first kappa shape index (κ1) is 22.8. The largest absolute Gasteiger partial charge is 0.443 e. The van der Waals surface area contributed by atoms with Gasteiger partial charge in [0.15, 0.2) is 9.84 Å². The molecule has 0 saturated heterocycles. The molecule has 33 heavy (non-hydrogen) atoms. The van der Waals surface area contributed by atoms with E-state index in [1.807, 2.05) is 0 Å². The van der Waals surface area contributed by atoms with Gasteiger partial charge in [0.05, 0.1) is 21.3 Å². The van der Waals surface area contributed by atoms with Crippen molar-refractivity contribution in [3.8, 4) is 0 Å². The molecule has 0 aliphatic carbocycles. The van der Waals surface area contributed by atoms with Crippen LogP contribution in [0.15, 0.2) is 87.2 Å². The molecule has 0 unspecified atom stereocenters. The zero-order chi connectivity index (χ0) is 23.8. The normalized spacial score (nSPS) is 12.0. The van der Waals surface area contributed by atoms with Crippen molar-refractivity contribution in [2.45, 2.75) is 15.7 Å². The number of benzene rings is 3. The maximum Gasteiger partial charge on any atom is 0.295 e. The number of furan rings is 1. The van der Waals surface area contributed by atoms with Gasteiger partial charge in [0.1, 0.15) is 5.58 Å². The molecule has 0 fully saturated rings. The molecule has 4 aromatic rings. The molecule has 0 amide bonds. The smallest absolute Gasteiger partial charge is 0.295 e. The third-order valence-electron chi connectivity index (χ3n) is 4.69. The number of sulfone groups is 1. The molecule has 1 N–H and O–H groups in total. The Hall–Kier alpha value is -3.41. The van der Waals surface area contributed by atoms with E-state index in [-0.39, 0.29) is 26.4 Å². The molecular formula is C21H15ClN2O7S2. The van der Waals surface area contributed by atoms with Crippen LogP contribution in [-0.4, -0.2) is 21.8 Å². The summed E-state index contributed by atoms with van der Waals surface area (Å²) in [6.45, 7) is 0. The van der Waals surface area contributed by atoms with Crippen molar-refractivity contribution in [1.29, 1.82) is 0 Å². The third kappa shape index (κ3) is 4.85. The van der Waals surface area contributed by atoms with Crippen molar-refractivity contribution in [2.24, 2.45) is 0 Å². The lowest BCUT2D eigenvalue weighted by Gasteiger charge is -2.13. The van der Waals surface area contributed by atoms with Crippen molar-refractivity contribution in [3.05, 3.63) is 93.5 Å². The number of para-hydroxylation sites is 1. The highest BCUT2D eigenvalue weighted by molar-refractivity contribution is 7.93. The lowest BCUT2D eigenvalue weighted by Crippen LogP contribution is -2.16. The molecular weight excluding hydrogens is 492 g/mol. The number of nitro benzene ring substituents is 1. The Labute approximate surface area is 193 Å². The van der Waals surface area contributed by atoms with Crippen LogP contribution in [0.1, 0.15) is 5.56 Å². The molecule has 1 aromatic heterocycles. The van der Waals surface area contributed by atoms with E-state index in [1.54, 1.807) is 24.3 Å². The molecule has 3 aromatic carbocycles. The number of rotatable bonds is 7. The summed E-state index contributed by atoms with van der Waals surface area (Å²) >= 11 is 6.00. The molecule has 9 nitrogen and oxygen atoms in total. The quantitative estimate of drug-likeness (QED) is 0.281. The first-order valence-electron chi connectivity index (χ1n) is 9.32. The minimum absolute atomic E-state index is 0.117. The van der Waals surface area contributed by atoms with E-state index in [1.165, 1.54) is 48.5 Å². The highest BCUT2D eigenvalue weighted by Crippen LogP contribution is 2.31. The Kier molecular flexibility index (Phi) is 5.87. The summed E-state index contributed by atoms with van der Waals surface area (Å²) in [5.41, 5.74) is 0.225. The third-order valence-corrected chi connectivity index (χ3v) is 7.89. The average molecular weight is 507 g/mol. The van der Waals surface area contributed by atoms with E-state index in [9.17, 15) is 26.9 Å². The minimum atomic E-state index is -4.28. The first-order valence-corrected chi connectivity index (χ1v) is 12.8. The van der Waals surface area contributed by atoms with Crippen molar-refractivity contribution in [2.75, 3.05) is 4.72 Å². The van der Waals surface area contributed by atoms with Crippen LogP contribution in [0.2, 0.25) is 5.02 Å². The average Bonchev–Trinajstić information content (AvgIpc) is 3.19. The molecule has 0 aliphatic rings. The predicted molar refractivity (Wildman–Crippen MR) is 122 cm³/mol. The second-order valence-electron chi connectivity index (χ2n) is 7.03. The Morgan fingerprint density at radius 2 is 1.64 bits per heavy atom. The van der Waals surface area contributed by atoms with Crippen LogP contribution < -0.4 is 4.72 Å². The number of non-ortho nitro benzene ring substituents is 1. The highest BCUT2D eigenvalue weighted by Gasteiger charge is 2.26. The number of nitro groups is 1. The summed E-state index contributed by atoms with van der Waals surface area (Å²) in [5, 5.41) is 11.1. The Morgan fingerprint density at radius 1 is 0.939 bits per heavy atom. The summed E-state index contributed by atoms with van der Waals surface area (Å²) in [6, 6.07) is 16.8. The van der Waals surface area contributed by atoms with Gasteiger partial charge in [0.2, 0.25) is 5.09 Å². The molecule has 4 rings (SSSR count). The summed E-state index contributed by atoms with van der Waals surface area (Å²) in [6.07, 6.45) is 0. The predicted octanol–water partition coefficient (Wildman–Crippen LogP) is 4.77. The van der Waals surface area contributed by atoms with Gasteiger partial charge in [0.25, 0.3) is 15.7 Å². The Balaban J connectivity index is 1.68. The topological polar surface area (TPSA) is 137 Å². The zero-order valence-corrected chi connectivity index (χ0v) is 19.0. The zero-order valence-electron chi connectivity index (χ0n) is 16.6. The number of nitrogens with zero attached hydrogens (tertiary/aromatic N) is 1. The van der Waals surface area contributed by atoms with Crippen LogP contribution in [0.5, 0.6) is 0 Å². The van der Waals surface area contributed by atoms with Gasteiger partial charge in [-0.1, -0.05) is 41.9 Å². The molecule has 0 saturated carbocycles. The second kappa shape index (κ2) is 8.50. The van der Waals surface area contributed by atoms with Crippen LogP contribution >= 0.6 is 11.6 Å². The van der Waals surface area contributed by atoms with E-state index in [0.717, 1.165) is 0 Å². The fourth-order valence-corrected chi connectivity index (χ4v) is 5.93. The van der Waals surface area contributed by atoms with E-state index in [4.69, 9.17) is 16.0 Å². The highest BCUT2D eigenvalue weighted by atomic mass is 35.5. The van der Waals surface area contributed by atoms with E-state index in [2.05, 4.69) is 4.72 Å². The number of anilines is 1. The second-order valence-corrected chi connectivity index (χ2v) is 11.0. The van der Waals surface area contributed by atoms with E-state index in [0.29, 0.717) is 16.5 Å². The maximum absolute atomic E-state index is 13.1. The van der Waals surface area contributed by atoms with E-state index < -0.39 is 30.5 Å². The van der Waals surface area contributed by atoms with Crippen molar-refractivity contribution in [3.63, 3.8) is 0 Å². The van der Waals surface area contributed by atoms with Crippen molar-refractivity contribution < 1.29 is 26.2 Å². The Morgan fingerprint density at radius 3 is 2.30 bits per heavy atom. The van der Waals surface area contributed by atoms with E-state index >= 15 is 0 Å². The lowest BCUT2D eigenvalue weighted by atomic mass is 10.2. The van der Waals surface area contributed by atoms with Crippen LogP contribution in [0, 0.1) is 10.1 Å². The van der Waals surface area contributed by atoms with Gasteiger partial charge in [0, 0.05) is 28.6 Å². The molecule has 0 spiro atoms. The molecule has 0 radical (unpaired) electrons. The number of fused-ring (bicyclic) bond motifs is 1. The van der Waals surface area contributed by atoms with Crippen LogP contribution in [0.4, 0.5) is 11.4 Å². The minimum Gasteiger partial charge on any atom is -0.443 e. The number of sulfonamides is 1. The van der Waals surface area contributed by atoms with Crippen molar-refractivity contribution >= 4 is 53.8 Å². The Bertz CT molecular complexity index is 1550. The molecule has 12 heteroatoms. The fourth-order valence-electron chi connectivity index (χ4n) is 3.15. The molecule has 0 atom stereocenters. The van der Waals surface area contributed by atoms with Gasteiger partial charge in [-0.15, -0.1) is 0 Å². The van der Waals surface area contributed by atoms with Gasteiger partial charge in [-0.25, -0.2) is 8.42 Å². The summed E-state index contributed by atoms with van der Waals surface area (Å²) in [7, 11) is -8.34. The summed E-state index contributed by atoms with van der Waals surface area (Å²) < 4.78 is 59.6. The standard InChI is InChI=1S/C21H15ClN2O7S2/c22-16-7-10-20(32(27,28)13-14-5-8-17(9-6-14)24(25)26)18(12-16)23-33(29,30)21-11-15-3-1-2-4-19(15)31-21/h1-12,23H,13H2. The number of nitrogens with one attached hydrogen (secondary N) is 1. The summed E-state index contributed by atoms with van der Waals surface area (Å²) in [4.78, 5) is 9.91. The molecule has 0 aliphatic heterocycles.